The Morgan fingerprint density at radius 2 is 1.17 bits per heavy atom. The first-order valence-electron chi connectivity index (χ1n) is 29.0. The molecule has 32 unspecified atom stereocenters. The largest absolute Gasteiger partial charge is 0.397 e. The van der Waals surface area contributed by atoms with Crippen LogP contribution in [0.3, 0.4) is 0 Å². The van der Waals surface area contributed by atoms with Gasteiger partial charge >= 0.3 is 10.4 Å². The third-order valence-corrected chi connectivity index (χ3v) is 20.4. The van der Waals surface area contributed by atoms with Crippen molar-refractivity contribution >= 4 is 10.4 Å². The highest BCUT2D eigenvalue weighted by molar-refractivity contribution is 7.80. The number of aliphatic hydroxyl groups is 12. The molecule has 9 aliphatic rings. The van der Waals surface area contributed by atoms with Crippen LogP contribution in [0.1, 0.15) is 113 Å². The van der Waals surface area contributed by atoms with Gasteiger partial charge in [-0.3, -0.25) is 4.55 Å². The number of allylic oxidation sites excluding steroid dienone is 4. The van der Waals surface area contributed by atoms with Crippen molar-refractivity contribution < 1.29 is 126 Å². The number of rotatable bonds is 16. The molecule has 32 atom stereocenters. The molecule has 27 heteroatoms. The van der Waals surface area contributed by atoms with E-state index in [0.29, 0.717) is 25.7 Å². The van der Waals surface area contributed by atoms with Gasteiger partial charge in [0.05, 0.1) is 49.3 Å². The van der Waals surface area contributed by atoms with Gasteiger partial charge in [0, 0.05) is 0 Å². The van der Waals surface area contributed by atoms with Crippen molar-refractivity contribution in [3.05, 3.63) is 23.3 Å². The van der Waals surface area contributed by atoms with Gasteiger partial charge in [0.2, 0.25) is 0 Å². The number of ether oxygens (including phenoxy) is 10. The molecule has 0 aromatic carbocycles. The van der Waals surface area contributed by atoms with Crippen LogP contribution in [0, 0.1) is 34.5 Å². The molecule has 9 rings (SSSR count). The summed E-state index contributed by atoms with van der Waals surface area (Å²) in [7, 11) is -4.85. The second-order valence-corrected chi connectivity index (χ2v) is 26.8. The van der Waals surface area contributed by atoms with Gasteiger partial charge in [0.1, 0.15) is 91.6 Å². The molecule has 3 saturated carbocycles. The zero-order valence-electron chi connectivity index (χ0n) is 47.7. The fraction of sp³-hybridized carbons (Fsp3) is 0.927. The third kappa shape index (κ3) is 12.8. The molecule has 0 amide bonds. The van der Waals surface area contributed by atoms with Gasteiger partial charge in [-0.25, -0.2) is 4.18 Å². The minimum absolute atomic E-state index is 0.0229. The highest BCUT2D eigenvalue weighted by Gasteiger charge is 2.63. The molecular weight excluding hydrogens is 1110 g/mol. The molecule has 0 aromatic heterocycles. The van der Waals surface area contributed by atoms with Crippen molar-refractivity contribution in [2.75, 3.05) is 13.2 Å². The maximum absolute atomic E-state index is 12.4. The monoisotopic (exact) mass is 1200 g/mol. The van der Waals surface area contributed by atoms with Crippen molar-refractivity contribution in [2.45, 2.75) is 272 Å². The lowest BCUT2D eigenvalue weighted by molar-refractivity contribution is -0.394. The predicted molar refractivity (Wildman–Crippen MR) is 279 cm³/mol. The number of aliphatic hydroxyl groups excluding tert-OH is 11. The minimum atomic E-state index is -4.85. The first kappa shape index (κ1) is 64.9. The topological polar surface area (TPSA) is 399 Å². The summed E-state index contributed by atoms with van der Waals surface area (Å²) in [6, 6.07) is 0. The molecule has 13 N–H and O–H groups in total. The SMILES string of the molecule is CC(C)=CCCC(C)(O)C1CCC2C3CC(OC4OC(C)C(O)C(OC5OCC(OC6OCC(O)C(O)C6OC6OC(C)C(O)C(O)C6O)C(O)C5OC5OC(C)C(O)C(O)C5O)C4O)C4CC(OS(=O)(=O)O)CCC4(C)C3=CCC21C. The van der Waals surface area contributed by atoms with Crippen LogP contribution in [0.25, 0.3) is 0 Å². The summed E-state index contributed by atoms with van der Waals surface area (Å²) in [4.78, 5) is 0. The first-order chi connectivity index (χ1) is 38.3. The first-order valence-corrected chi connectivity index (χ1v) is 30.4. The lowest BCUT2D eigenvalue weighted by Gasteiger charge is -2.60. The lowest BCUT2D eigenvalue weighted by Crippen LogP contribution is -2.66. The summed E-state index contributed by atoms with van der Waals surface area (Å²) in [6.07, 6.45) is -29.8. The Labute approximate surface area is 478 Å². The maximum Gasteiger partial charge on any atom is 0.397 e. The molecular formula is C55H90O26S. The van der Waals surface area contributed by atoms with Gasteiger partial charge in [-0.2, -0.15) is 8.42 Å². The van der Waals surface area contributed by atoms with E-state index < -0.39 is 194 Å². The van der Waals surface area contributed by atoms with Crippen molar-refractivity contribution in [2.24, 2.45) is 34.5 Å². The summed E-state index contributed by atoms with van der Waals surface area (Å²) in [5, 5.41) is 134. The summed E-state index contributed by atoms with van der Waals surface area (Å²) in [5.41, 5.74) is 0.554. The number of hydrogen-bond donors (Lipinski definition) is 13. The van der Waals surface area contributed by atoms with Crippen LogP contribution in [0.15, 0.2) is 23.3 Å². The van der Waals surface area contributed by atoms with E-state index in [1.807, 2.05) is 20.8 Å². The van der Waals surface area contributed by atoms with E-state index in [1.165, 1.54) is 31.9 Å². The van der Waals surface area contributed by atoms with E-state index in [1.54, 1.807) is 0 Å². The standard InChI is InChI=1S/C55H90O26S/c1-22(2)10-9-15-55(8,67)34-12-11-28-27-19-32(30-18-26(81-82(68,69)70)13-16-53(30,6)29(27)14-17-54(28,34)7)76-50-44(66)45(37(59)25(5)75-50)78-52-47(80-49-43(65)41(63)36(58)24(4)74-49)39(61)33(21-72-52)77-51-46(38(60)31(56)20-71-51)79-48-42(64)40(62)35(57)23(3)73-48/h10,14,23-28,30-52,56-67H,9,11-13,15-21H2,1-8H3,(H,68,69,70). The van der Waals surface area contributed by atoms with Crippen LogP contribution >= 0.6 is 0 Å². The summed E-state index contributed by atoms with van der Waals surface area (Å²) >= 11 is 0. The molecule has 82 heavy (non-hydrogen) atoms. The van der Waals surface area contributed by atoms with Crippen molar-refractivity contribution in [1.82, 2.24) is 0 Å². The van der Waals surface area contributed by atoms with Crippen molar-refractivity contribution in [1.29, 1.82) is 0 Å². The van der Waals surface area contributed by atoms with Gasteiger partial charge in [-0.05, 0) is 134 Å². The van der Waals surface area contributed by atoms with Crippen LogP contribution in [-0.4, -0.2) is 247 Å². The van der Waals surface area contributed by atoms with Gasteiger partial charge in [-0.1, -0.05) is 37.1 Å². The predicted octanol–water partition coefficient (Wildman–Crippen LogP) is -1.30. The Balaban J connectivity index is 0.972. The minimum Gasteiger partial charge on any atom is -0.390 e. The van der Waals surface area contributed by atoms with Crippen LogP contribution in [0.5, 0.6) is 0 Å². The second-order valence-electron chi connectivity index (χ2n) is 25.7. The van der Waals surface area contributed by atoms with Crippen LogP contribution < -0.4 is 0 Å². The quantitative estimate of drug-likeness (QED) is 0.0631. The molecule has 8 fully saturated rings. The number of hydrogen-bond acceptors (Lipinski definition) is 25. The Hall–Kier alpha value is -1.53. The molecule has 0 aromatic rings. The molecule has 0 spiro atoms. The highest BCUT2D eigenvalue weighted by atomic mass is 32.3. The zero-order chi connectivity index (χ0) is 59.9. The maximum atomic E-state index is 12.4. The molecule has 0 radical (unpaired) electrons. The summed E-state index contributed by atoms with van der Waals surface area (Å²) < 4.78 is 100. The van der Waals surface area contributed by atoms with Gasteiger partial charge in [-0.15, -0.1) is 0 Å². The lowest BCUT2D eigenvalue weighted by atomic mass is 9.47. The number of fused-ring (bicyclic) bond motifs is 5. The Kier molecular flexibility index (Phi) is 19.9. The fourth-order valence-corrected chi connectivity index (χ4v) is 15.8. The van der Waals surface area contributed by atoms with Crippen molar-refractivity contribution in [3.8, 4) is 0 Å². The van der Waals surface area contributed by atoms with E-state index in [-0.39, 0.29) is 29.6 Å². The average Bonchev–Trinajstić information content (AvgIpc) is 1.78. The molecule has 0 bridgehead atoms. The van der Waals surface area contributed by atoms with Crippen molar-refractivity contribution in [3.63, 3.8) is 0 Å². The molecule has 472 valence electrons. The van der Waals surface area contributed by atoms with Gasteiger partial charge < -0.3 is 109 Å². The molecule has 5 heterocycles. The van der Waals surface area contributed by atoms with Crippen LogP contribution in [0.4, 0.5) is 0 Å². The van der Waals surface area contributed by atoms with Gasteiger partial charge in [0.15, 0.2) is 31.5 Å². The molecule has 5 aliphatic heterocycles. The van der Waals surface area contributed by atoms with E-state index in [9.17, 15) is 74.2 Å². The Morgan fingerprint density at radius 3 is 1.77 bits per heavy atom. The molecule has 5 saturated heterocycles. The third-order valence-electron chi connectivity index (χ3n) is 19.9. The normalized spacial score (nSPS) is 51.7. The zero-order valence-corrected chi connectivity index (χ0v) is 48.5. The Morgan fingerprint density at radius 1 is 0.634 bits per heavy atom. The van der Waals surface area contributed by atoms with E-state index in [0.717, 1.165) is 25.7 Å². The van der Waals surface area contributed by atoms with Crippen LogP contribution in [-0.2, 0) is 62.0 Å². The summed E-state index contributed by atoms with van der Waals surface area (Å²) in [6.45, 7) is 13.6. The fourth-order valence-electron chi connectivity index (χ4n) is 15.3. The van der Waals surface area contributed by atoms with E-state index >= 15 is 0 Å². The summed E-state index contributed by atoms with van der Waals surface area (Å²) in [5.74, 6) is -0.417. The second kappa shape index (κ2) is 25.2. The van der Waals surface area contributed by atoms with E-state index in [4.69, 9.17) is 51.6 Å². The molecule has 4 aliphatic carbocycles. The molecule has 26 nitrogen and oxygen atoms in total. The average molecular weight is 1200 g/mol. The van der Waals surface area contributed by atoms with Gasteiger partial charge in [0.25, 0.3) is 0 Å². The highest BCUT2D eigenvalue weighted by Crippen LogP contribution is 2.67. The van der Waals surface area contributed by atoms with Crippen LogP contribution in [0.2, 0.25) is 0 Å². The smallest absolute Gasteiger partial charge is 0.390 e. The Bertz CT molecular complexity index is 2340. The van der Waals surface area contributed by atoms with E-state index in [2.05, 4.69) is 26.0 Å².